The number of benzene rings is 1. The Bertz CT molecular complexity index is 486. The van der Waals surface area contributed by atoms with E-state index in [1.807, 2.05) is 0 Å². The number of rotatable bonds is 1. The molecule has 1 atom stereocenters. The zero-order valence-electron chi connectivity index (χ0n) is 6.58. The van der Waals surface area contributed by atoms with E-state index in [0.717, 1.165) is 5.56 Å². The Morgan fingerprint density at radius 2 is 2.31 bits per heavy atom. The second-order valence-electron chi connectivity index (χ2n) is 2.67. The van der Waals surface area contributed by atoms with E-state index in [-0.39, 0.29) is 0 Å². The molecule has 0 saturated heterocycles. The van der Waals surface area contributed by atoms with Gasteiger partial charge >= 0.3 is 5.76 Å². The van der Waals surface area contributed by atoms with Crippen molar-refractivity contribution < 1.29 is 4.42 Å². The number of nitrogens with one attached hydrogen (secondary N) is 1. The van der Waals surface area contributed by atoms with Crippen molar-refractivity contribution in [1.82, 2.24) is 4.98 Å². The van der Waals surface area contributed by atoms with Crippen LogP contribution in [0.15, 0.2) is 27.4 Å². The molecule has 2 aromatic rings. The largest absolute Gasteiger partial charge is 0.417 e. The minimum absolute atomic E-state index is 0.471. The molecule has 13 heavy (non-hydrogen) atoms. The summed E-state index contributed by atoms with van der Waals surface area (Å²) in [5.41, 5.74) is 6.70. The van der Waals surface area contributed by atoms with Crippen LogP contribution in [0, 0.1) is 0 Å². The molecular formula is C8H7ClN2O2. The number of nitrogens with two attached hydrogens (primary N) is 1. The van der Waals surface area contributed by atoms with Crippen LogP contribution in [0.5, 0.6) is 0 Å². The van der Waals surface area contributed by atoms with Crippen molar-refractivity contribution in [3.63, 3.8) is 0 Å². The van der Waals surface area contributed by atoms with Crippen LogP contribution >= 0.6 is 11.6 Å². The van der Waals surface area contributed by atoms with Crippen LogP contribution in [-0.4, -0.2) is 4.98 Å². The summed E-state index contributed by atoms with van der Waals surface area (Å²) in [7, 11) is 0. The van der Waals surface area contributed by atoms with Gasteiger partial charge in [0.2, 0.25) is 0 Å². The summed E-state index contributed by atoms with van der Waals surface area (Å²) >= 11 is 5.66. The van der Waals surface area contributed by atoms with Gasteiger partial charge in [0.1, 0.15) is 5.50 Å². The first-order valence-electron chi connectivity index (χ1n) is 3.69. The molecule has 0 aliphatic heterocycles. The summed E-state index contributed by atoms with van der Waals surface area (Å²) in [4.78, 5) is 13.3. The summed E-state index contributed by atoms with van der Waals surface area (Å²) in [6.45, 7) is 0. The van der Waals surface area contributed by atoms with E-state index in [2.05, 4.69) is 4.98 Å². The summed E-state index contributed by atoms with van der Waals surface area (Å²) in [5.74, 6) is -0.477. The minimum atomic E-state index is -0.579. The van der Waals surface area contributed by atoms with Crippen molar-refractivity contribution in [2.45, 2.75) is 5.50 Å². The van der Waals surface area contributed by atoms with Gasteiger partial charge in [-0.15, -0.1) is 11.6 Å². The first kappa shape index (κ1) is 8.34. The minimum Gasteiger partial charge on any atom is -0.408 e. The third kappa shape index (κ3) is 1.46. The number of aromatic nitrogens is 1. The van der Waals surface area contributed by atoms with Crippen molar-refractivity contribution in [2.75, 3.05) is 0 Å². The molecule has 0 bridgehead atoms. The van der Waals surface area contributed by atoms with Gasteiger partial charge in [-0.3, -0.25) is 4.98 Å². The van der Waals surface area contributed by atoms with Crippen molar-refractivity contribution in [3.8, 4) is 0 Å². The smallest absolute Gasteiger partial charge is 0.408 e. The lowest BCUT2D eigenvalue weighted by molar-refractivity contribution is 0.555. The molecule has 1 unspecified atom stereocenters. The molecular weight excluding hydrogens is 192 g/mol. The number of halogens is 1. The number of aromatic amines is 1. The summed E-state index contributed by atoms with van der Waals surface area (Å²) < 4.78 is 4.83. The first-order chi connectivity index (χ1) is 6.16. The zero-order valence-corrected chi connectivity index (χ0v) is 7.34. The lowest BCUT2D eigenvalue weighted by atomic mass is 10.2. The molecule has 0 aliphatic rings. The predicted molar refractivity (Wildman–Crippen MR) is 49.6 cm³/mol. The average molecular weight is 199 g/mol. The van der Waals surface area contributed by atoms with E-state index >= 15 is 0 Å². The Morgan fingerprint density at radius 3 is 3.00 bits per heavy atom. The maximum atomic E-state index is 10.8. The van der Waals surface area contributed by atoms with Gasteiger partial charge in [-0.25, -0.2) is 4.79 Å². The maximum Gasteiger partial charge on any atom is 0.417 e. The number of fused-ring (bicyclic) bond motifs is 1. The highest BCUT2D eigenvalue weighted by Crippen LogP contribution is 2.18. The van der Waals surface area contributed by atoms with Gasteiger partial charge in [-0.05, 0) is 17.7 Å². The van der Waals surface area contributed by atoms with Gasteiger partial charge < -0.3 is 10.2 Å². The molecule has 0 fully saturated rings. The molecule has 0 aliphatic carbocycles. The third-order valence-corrected chi connectivity index (χ3v) is 2.02. The average Bonchev–Trinajstić information content (AvgIpc) is 2.42. The molecule has 0 amide bonds. The Kier molecular flexibility index (Phi) is 1.86. The van der Waals surface area contributed by atoms with Gasteiger partial charge in [0.25, 0.3) is 0 Å². The SMILES string of the molecule is NC(Cl)c1ccc2[nH]c(=O)oc2c1. The normalized spacial score (nSPS) is 13.4. The molecule has 68 valence electrons. The first-order valence-corrected chi connectivity index (χ1v) is 4.13. The summed E-state index contributed by atoms with van der Waals surface area (Å²) in [6.07, 6.45) is 0. The van der Waals surface area contributed by atoms with Crippen molar-refractivity contribution in [3.05, 3.63) is 34.3 Å². The van der Waals surface area contributed by atoms with Gasteiger partial charge in [0, 0.05) is 0 Å². The van der Waals surface area contributed by atoms with Gasteiger partial charge in [0.15, 0.2) is 5.58 Å². The van der Waals surface area contributed by atoms with E-state index in [0.29, 0.717) is 11.1 Å². The molecule has 1 aromatic carbocycles. The number of hydrogen-bond donors (Lipinski definition) is 2. The highest BCUT2D eigenvalue weighted by Gasteiger charge is 2.05. The number of oxazole rings is 1. The molecule has 3 N–H and O–H groups in total. The topological polar surface area (TPSA) is 72.0 Å². The predicted octanol–water partition coefficient (Wildman–Crippen LogP) is 1.32. The molecule has 0 spiro atoms. The van der Waals surface area contributed by atoms with Gasteiger partial charge in [-0.2, -0.15) is 0 Å². The van der Waals surface area contributed by atoms with Crippen LogP contribution in [0.25, 0.3) is 11.1 Å². The van der Waals surface area contributed by atoms with E-state index in [1.54, 1.807) is 18.2 Å². The van der Waals surface area contributed by atoms with Crippen LogP contribution < -0.4 is 11.5 Å². The Hall–Kier alpha value is -1.26. The van der Waals surface area contributed by atoms with Crippen LogP contribution in [0.3, 0.4) is 0 Å². The second-order valence-corrected chi connectivity index (χ2v) is 3.14. The number of alkyl halides is 1. The molecule has 2 rings (SSSR count). The third-order valence-electron chi connectivity index (χ3n) is 1.76. The lowest BCUT2D eigenvalue weighted by Crippen LogP contribution is -2.01. The van der Waals surface area contributed by atoms with Gasteiger partial charge in [-0.1, -0.05) is 6.07 Å². The fraction of sp³-hybridized carbons (Fsp3) is 0.125. The molecule has 1 heterocycles. The van der Waals surface area contributed by atoms with Crippen LogP contribution in [0.4, 0.5) is 0 Å². The molecule has 0 radical (unpaired) electrons. The Balaban J connectivity index is 2.68. The highest BCUT2D eigenvalue weighted by atomic mass is 35.5. The summed E-state index contributed by atoms with van der Waals surface area (Å²) in [5, 5.41) is 0. The van der Waals surface area contributed by atoms with E-state index < -0.39 is 11.3 Å². The quantitative estimate of drug-likeness (QED) is 0.536. The summed E-state index contributed by atoms with van der Waals surface area (Å²) in [6, 6.07) is 5.09. The molecule has 1 aromatic heterocycles. The Morgan fingerprint density at radius 1 is 1.54 bits per heavy atom. The fourth-order valence-electron chi connectivity index (χ4n) is 1.13. The maximum absolute atomic E-state index is 10.8. The van der Waals surface area contributed by atoms with E-state index in [9.17, 15) is 4.79 Å². The van der Waals surface area contributed by atoms with Crippen molar-refractivity contribution in [1.29, 1.82) is 0 Å². The van der Waals surface area contributed by atoms with Crippen LogP contribution in [0.2, 0.25) is 0 Å². The second kappa shape index (κ2) is 2.90. The molecule has 4 nitrogen and oxygen atoms in total. The Labute approximate surface area is 78.3 Å². The van der Waals surface area contributed by atoms with Crippen molar-refractivity contribution in [2.24, 2.45) is 5.73 Å². The van der Waals surface area contributed by atoms with Gasteiger partial charge in [0.05, 0.1) is 5.52 Å². The van der Waals surface area contributed by atoms with Crippen molar-refractivity contribution >= 4 is 22.7 Å². The van der Waals surface area contributed by atoms with E-state index in [1.165, 1.54) is 0 Å². The monoisotopic (exact) mass is 198 g/mol. The fourth-order valence-corrected chi connectivity index (χ4v) is 1.27. The lowest BCUT2D eigenvalue weighted by Gasteiger charge is -2.00. The highest BCUT2D eigenvalue weighted by molar-refractivity contribution is 6.20. The number of hydrogen-bond acceptors (Lipinski definition) is 3. The standard InChI is InChI=1S/C8H7ClN2O2/c9-7(10)4-1-2-5-6(3-4)13-8(12)11-5/h1-3,7H,10H2,(H,11,12). The zero-order chi connectivity index (χ0) is 9.42. The van der Waals surface area contributed by atoms with E-state index in [4.69, 9.17) is 21.8 Å². The molecule has 5 heteroatoms. The number of H-pyrrole nitrogens is 1. The van der Waals surface area contributed by atoms with Crippen LogP contribution in [0.1, 0.15) is 11.1 Å². The molecule has 0 saturated carbocycles. The van der Waals surface area contributed by atoms with Crippen LogP contribution in [-0.2, 0) is 0 Å².